The quantitative estimate of drug-likeness (QED) is 0.492. The Bertz CT molecular complexity index is 628. The predicted molar refractivity (Wildman–Crippen MR) is 67.4 cm³/mol. The van der Waals surface area contributed by atoms with E-state index in [2.05, 4.69) is 39.9 Å². The smallest absolute Gasteiger partial charge is 0.179 e. The van der Waals surface area contributed by atoms with E-state index in [-0.39, 0.29) is 24.0 Å². The molecule has 3 aromatic rings. The number of nitrogens with one attached hydrogen (secondary N) is 1. The van der Waals surface area contributed by atoms with Crippen molar-refractivity contribution in [2.75, 3.05) is 0 Å². The maximum absolute atomic E-state index is 4.59. The van der Waals surface area contributed by atoms with E-state index in [9.17, 15) is 0 Å². The van der Waals surface area contributed by atoms with Crippen LogP contribution < -0.4 is 28.5 Å². The first-order valence-corrected chi connectivity index (χ1v) is 5.81. The van der Waals surface area contributed by atoms with Gasteiger partial charge in [0, 0.05) is 6.07 Å². The normalized spacial score (nSPS) is 10.3. The van der Waals surface area contributed by atoms with Crippen LogP contribution in [0.2, 0.25) is 0 Å². The van der Waals surface area contributed by atoms with Crippen molar-refractivity contribution >= 4 is 11.0 Å². The van der Waals surface area contributed by atoms with Crippen LogP contribution in [0.15, 0.2) is 48.8 Å². The third-order valence-electron chi connectivity index (χ3n) is 2.89. The summed E-state index contributed by atoms with van der Waals surface area (Å²) in [6.07, 6.45) is 4.17. The molecule has 92 valence electrons. The Balaban J connectivity index is 0.00000120. The van der Waals surface area contributed by atoms with Gasteiger partial charge in [-0.15, -0.1) is 0 Å². The van der Waals surface area contributed by atoms with Crippen molar-refractivity contribution in [3.05, 3.63) is 48.8 Å². The van der Waals surface area contributed by atoms with Gasteiger partial charge in [-0.2, -0.15) is 0 Å². The SMILES string of the molecule is CC[n+]1cccc(-c2nc3ccccc3[nH]2)c1.[I-]. The summed E-state index contributed by atoms with van der Waals surface area (Å²) in [7, 11) is 0. The molecule has 0 spiro atoms. The first-order chi connectivity index (χ1) is 8.36. The molecule has 2 aromatic heterocycles. The first kappa shape index (κ1) is 13.0. The van der Waals surface area contributed by atoms with E-state index in [0.717, 1.165) is 29.0 Å². The summed E-state index contributed by atoms with van der Waals surface area (Å²) in [5.74, 6) is 0.925. The highest BCUT2D eigenvalue weighted by atomic mass is 127. The lowest BCUT2D eigenvalue weighted by atomic mass is 10.3. The fourth-order valence-corrected chi connectivity index (χ4v) is 1.95. The Hall–Kier alpha value is -1.43. The number of imidazole rings is 1. The molecule has 0 aliphatic heterocycles. The molecule has 18 heavy (non-hydrogen) atoms. The number of rotatable bonds is 2. The number of aromatic nitrogens is 3. The second-order valence-corrected chi connectivity index (χ2v) is 4.03. The number of pyridine rings is 1. The molecule has 0 atom stereocenters. The average molecular weight is 351 g/mol. The molecule has 0 bridgehead atoms. The molecular formula is C14H14IN3. The van der Waals surface area contributed by atoms with Gasteiger partial charge < -0.3 is 29.0 Å². The number of aromatic amines is 1. The summed E-state index contributed by atoms with van der Waals surface area (Å²) >= 11 is 0. The second-order valence-electron chi connectivity index (χ2n) is 4.03. The lowest BCUT2D eigenvalue weighted by Gasteiger charge is -1.95. The van der Waals surface area contributed by atoms with Crippen LogP contribution in [0.3, 0.4) is 0 Å². The van der Waals surface area contributed by atoms with Crippen molar-refractivity contribution in [3.8, 4) is 11.4 Å². The van der Waals surface area contributed by atoms with Crippen molar-refractivity contribution in [1.82, 2.24) is 9.97 Å². The summed E-state index contributed by atoms with van der Waals surface area (Å²) < 4.78 is 2.14. The average Bonchev–Trinajstić information content (AvgIpc) is 2.82. The monoisotopic (exact) mass is 351 g/mol. The molecule has 0 saturated carbocycles. The first-order valence-electron chi connectivity index (χ1n) is 5.81. The van der Waals surface area contributed by atoms with Gasteiger partial charge in [0.25, 0.3) is 0 Å². The summed E-state index contributed by atoms with van der Waals surface area (Å²) in [5.41, 5.74) is 3.20. The van der Waals surface area contributed by atoms with Crippen LogP contribution in [-0.4, -0.2) is 9.97 Å². The van der Waals surface area contributed by atoms with Gasteiger partial charge in [-0.1, -0.05) is 12.1 Å². The van der Waals surface area contributed by atoms with Crippen LogP contribution in [0.25, 0.3) is 22.4 Å². The molecule has 0 amide bonds. The zero-order valence-electron chi connectivity index (χ0n) is 10.1. The molecule has 4 heteroatoms. The molecule has 0 saturated heterocycles. The van der Waals surface area contributed by atoms with Crippen LogP contribution in [0.5, 0.6) is 0 Å². The molecular weight excluding hydrogens is 337 g/mol. The number of halogens is 1. The van der Waals surface area contributed by atoms with Crippen molar-refractivity contribution in [1.29, 1.82) is 0 Å². The number of benzene rings is 1. The van der Waals surface area contributed by atoms with Crippen LogP contribution in [-0.2, 0) is 6.54 Å². The molecule has 3 nitrogen and oxygen atoms in total. The number of H-pyrrole nitrogens is 1. The van der Waals surface area contributed by atoms with E-state index in [1.807, 2.05) is 30.3 Å². The molecule has 1 aromatic carbocycles. The summed E-state index contributed by atoms with van der Waals surface area (Å²) in [5, 5.41) is 0. The maximum Gasteiger partial charge on any atom is 0.179 e. The topological polar surface area (TPSA) is 32.6 Å². The van der Waals surface area contributed by atoms with Crippen molar-refractivity contribution in [2.45, 2.75) is 13.5 Å². The highest BCUT2D eigenvalue weighted by Crippen LogP contribution is 2.18. The fourth-order valence-electron chi connectivity index (χ4n) is 1.95. The van der Waals surface area contributed by atoms with E-state index in [4.69, 9.17) is 0 Å². The minimum Gasteiger partial charge on any atom is -1.00 e. The summed E-state index contributed by atoms with van der Waals surface area (Å²) in [4.78, 5) is 7.93. The van der Waals surface area contributed by atoms with Crippen LogP contribution in [0.4, 0.5) is 0 Å². The molecule has 3 rings (SSSR count). The standard InChI is InChI=1S/C14H14N3.HI/c1-2-17-9-5-6-11(10-17)14-15-12-7-3-4-8-13(12)16-14;/h3-10H,2H2,1H3,(H,15,16);1H/q+1;/p-1. The third-order valence-corrected chi connectivity index (χ3v) is 2.89. The highest BCUT2D eigenvalue weighted by molar-refractivity contribution is 5.78. The Labute approximate surface area is 123 Å². The number of hydrogen-bond acceptors (Lipinski definition) is 1. The Morgan fingerprint density at radius 3 is 2.78 bits per heavy atom. The lowest BCUT2D eigenvalue weighted by Crippen LogP contribution is -3.00. The lowest BCUT2D eigenvalue weighted by molar-refractivity contribution is -0.693. The van der Waals surface area contributed by atoms with Gasteiger partial charge in [0.15, 0.2) is 12.4 Å². The third kappa shape index (κ3) is 2.38. The van der Waals surface area contributed by atoms with E-state index >= 15 is 0 Å². The van der Waals surface area contributed by atoms with Crippen molar-refractivity contribution in [2.24, 2.45) is 0 Å². The number of para-hydroxylation sites is 2. The van der Waals surface area contributed by atoms with E-state index in [1.165, 1.54) is 0 Å². The van der Waals surface area contributed by atoms with Gasteiger partial charge in [-0.3, -0.25) is 0 Å². The molecule has 0 aliphatic rings. The van der Waals surface area contributed by atoms with E-state index in [0.29, 0.717) is 0 Å². The Morgan fingerprint density at radius 2 is 2.00 bits per heavy atom. The minimum absolute atomic E-state index is 0. The molecule has 0 unspecified atom stereocenters. The fraction of sp³-hybridized carbons (Fsp3) is 0.143. The zero-order chi connectivity index (χ0) is 11.7. The molecule has 0 fully saturated rings. The molecule has 0 radical (unpaired) electrons. The largest absolute Gasteiger partial charge is 1.00 e. The van der Waals surface area contributed by atoms with Gasteiger partial charge in [0.1, 0.15) is 12.4 Å². The second kappa shape index (κ2) is 5.48. The number of fused-ring (bicyclic) bond motifs is 1. The molecule has 0 aliphatic carbocycles. The Morgan fingerprint density at radius 1 is 1.17 bits per heavy atom. The van der Waals surface area contributed by atoms with Gasteiger partial charge in [-0.05, 0) is 25.1 Å². The van der Waals surface area contributed by atoms with E-state index in [1.54, 1.807) is 0 Å². The molecule has 1 N–H and O–H groups in total. The number of nitrogens with zero attached hydrogens (tertiary/aromatic N) is 2. The minimum atomic E-state index is 0. The summed E-state index contributed by atoms with van der Waals surface area (Å²) in [6, 6.07) is 12.2. The van der Waals surface area contributed by atoms with Crippen molar-refractivity contribution in [3.63, 3.8) is 0 Å². The van der Waals surface area contributed by atoms with Crippen molar-refractivity contribution < 1.29 is 28.5 Å². The Kier molecular flexibility index (Phi) is 3.96. The maximum atomic E-state index is 4.59. The predicted octanol–water partition coefficient (Wildman–Crippen LogP) is -0.459. The highest BCUT2D eigenvalue weighted by Gasteiger charge is 2.07. The zero-order valence-corrected chi connectivity index (χ0v) is 12.3. The van der Waals surface area contributed by atoms with Gasteiger partial charge in [0.2, 0.25) is 0 Å². The number of hydrogen-bond donors (Lipinski definition) is 1. The van der Waals surface area contributed by atoms with Gasteiger partial charge in [-0.25, -0.2) is 9.55 Å². The van der Waals surface area contributed by atoms with Gasteiger partial charge >= 0.3 is 0 Å². The summed E-state index contributed by atoms with van der Waals surface area (Å²) in [6.45, 7) is 3.09. The van der Waals surface area contributed by atoms with Crippen LogP contribution in [0, 0.1) is 0 Å². The van der Waals surface area contributed by atoms with Crippen LogP contribution >= 0.6 is 0 Å². The van der Waals surface area contributed by atoms with E-state index < -0.39 is 0 Å². The van der Waals surface area contributed by atoms with Gasteiger partial charge in [0.05, 0.1) is 16.6 Å². The molecule has 2 heterocycles. The van der Waals surface area contributed by atoms with Crippen LogP contribution in [0.1, 0.15) is 6.92 Å². The number of aryl methyl sites for hydroxylation is 1.